The lowest BCUT2D eigenvalue weighted by Crippen LogP contribution is -2.37. The Bertz CT molecular complexity index is 1090. The summed E-state index contributed by atoms with van der Waals surface area (Å²) in [4.78, 5) is 27.4. The second-order valence-corrected chi connectivity index (χ2v) is 6.48. The third kappa shape index (κ3) is 3.15. The summed E-state index contributed by atoms with van der Waals surface area (Å²) >= 11 is 0. The van der Waals surface area contributed by atoms with E-state index in [1.807, 2.05) is 24.3 Å². The molecule has 0 radical (unpaired) electrons. The molecule has 0 spiro atoms. The van der Waals surface area contributed by atoms with Gasteiger partial charge in [0.25, 0.3) is 11.5 Å². The standard InChI is InChI=1S/C21H18FN3O3/c1-28-18-13-19(26)25(16-10-8-15(22)9-11-16)23-20(18)21(27)24-12-4-6-14-5-2-3-7-17(14)24/h2-3,5,7-11,13H,4,6,12H2,1H3. The highest BCUT2D eigenvalue weighted by molar-refractivity contribution is 6.07. The zero-order valence-electron chi connectivity index (χ0n) is 15.3. The molecule has 0 saturated carbocycles. The molecule has 3 aromatic rings. The zero-order chi connectivity index (χ0) is 19.7. The summed E-state index contributed by atoms with van der Waals surface area (Å²) < 4.78 is 19.6. The lowest BCUT2D eigenvalue weighted by atomic mass is 10.0. The summed E-state index contributed by atoms with van der Waals surface area (Å²) in [5.74, 6) is -0.664. The van der Waals surface area contributed by atoms with Crippen molar-refractivity contribution in [3.8, 4) is 11.4 Å². The second-order valence-electron chi connectivity index (χ2n) is 6.48. The lowest BCUT2D eigenvalue weighted by molar-refractivity contribution is 0.0975. The Labute approximate surface area is 160 Å². The van der Waals surface area contributed by atoms with Crippen molar-refractivity contribution < 1.29 is 13.9 Å². The minimum absolute atomic E-state index is 0.0307. The number of carbonyl (C=O) groups is 1. The van der Waals surface area contributed by atoms with Gasteiger partial charge in [-0.25, -0.2) is 4.39 Å². The van der Waals surface area contributed by atoms with Crippen LogP contribution in [0.5, 0.6) is 5.75 Å². The number of aromatic nitrogens is 2. The summed E-state index contributed by atoms with van der Waals surface area (Å²) in [5.41, 5.74) is 1.85. The fourth-order valence-corrected chi connectivity index (χ4v) is 3.38. The number of halogens is 1. The topological polar surface area (TPSA) is 64.4 Å². The monoisotopic (exact) mass is 379 g/mol. The second kappa shape index (κ2) is 7.26. The van der Waals surface area contributed by atoms with E-state index in [1.165, 1.54) is 37.4 Å². The molecule has 0 aliphatic carbocycles. The van der Waals surface area contributed by atoms with E-state index in [-0.39, 0.29) is 17.4 Å². The minimum Gasteiger partial charge on any atom is -0.494 e. The Hall–Kier alpha value is -3.48. The predicted molar refractivity (Wildman–Crippen MR) is 103 cm³/mol. The number of para-hydroxylation sites is 1. The van der Waals surface area contributed by atoms with E-state index in [0.717, 1.165) is 28.8 Å². The number of ether oxygens (including phenoxy) is 1. The van der Waals surface area contributed by atoms with Crippen molar-refractivity contribution >= 4 is 11.6 Å². The number of rotatable bonds is 3. The fraction of sp³-hybridized carbons (Fsp3) is 0.190. The first-order valence-electron chi connectivity index (χ1n) is 8.92. The van der Waals surface area contributed by atoms with Gasteiger partial charge in [0.05, 0.1) is 18.9 Å². The van der Waals surface area contributed by atoms with Crippen LogP contribution in [0.2, 0.25) is 0 Å². The molecule has 1 amide bonds. The van der Waals surface area contributed by atoms with E-state index in [1.54, 1.807) is 4.90 Å². The molecule has 4 rings (SSSR count). The molecular formula is C21H18FN3O3. The number of carbonyl (C=O) groups excluding carboxylic acids is 1. The summed E-state index contributed by atoms with van der Waals surface area (Å²) in [6.45, 7) is 0.552. The Morgan fingerprint density at radius 2 is 1.89 bits per heavy atom. The molecule has 1 aliphatic rings. The summed E-state index contributed by atoms with van der Waals surface area (Å²) in [6.07, 6.45) is 1.74. The van der Waals surface area contributed by atoms with Gasteiger partial charge in [-0.05, 0) is 48.7 Å². The first kappa shape index (κ1) is 17.9. The van der Waals surface area contributed by atoms with Crippen LogP contribution in [0.4, 0.5) is 10.1 Å². The number of hydrogen-bond acceptors (Lipinski definition) is 4. The molecule has 2 heterocycles. The average Bonchev–Trinajstić information content (AvgIpc) is 2.73. The predicted octanol–water partition coefficient (Wildman–Crippen LogP) is 2.97. The molecule has 0 N–H and O–H groups in total. The highest BCUT2D eigenvalue weighted by Gasteiger charge is 2.28. The quantitative estimate of drug-likeness (QED) is 0.702. The molecule has 142 valence electrons. The number of fused-ring (bicyclic) bond motifs is 1. The van der Waals surface area contributed by atoms with Gasteiger partial charge >= 0.3 is 0 Å². The number of amides is 1. The Kier molecular flexibility index (Phi) is 4.65. The Morgan fingerprint density at radius 1 is 1.14 bits per heavy atom. The number of hydrogen-bond donors (Lipinski definition) is 0. The maximum absolute atomic E-state index is 13.3. The highest BCUT2D eigenvalue weighted by Crippen LogP contribution is 2.29. The molecule has 1 aliphatic heterocycles. The summed E-state index contributed by atoms with van der Waals surface area (Å²) in [5, 5.41) is 4.26. The molecule has 0 fully saturated rings. The van der Waals surface area contributed by atoms with Crippen molar-refractivity contribution in [2.75, 3.05) is 18.6 Å². The van der Waals surface area contributed by atoms with Crippen LogP contribution in [-0.2, 0) is 6.42 Å². The number of methoxy groups -OCH3 is 1. The maximum atomic E-state index is 13.3. The largest absolute Gasteiger partial charge is 0.494 e. The van der Waals surface area contributed by atoms with E-state index >= 15 is 0 Å². The molecule has 6 nitrogen and oxygen atoms in total. The van der Waals surface area contributed by atoms with Crippen LogP contribution in [0.1, 0.15) is 22.5 Å². The van der Waals surface area contributed by atoms with Crippen molar-refractivity contribution in [1.29, 1.82) is 0 Å². The fourth-order valence-electron chi connectivity index (χ4n) is 3.38. The van der Waals surface area contributed by atoms with Gasteiger partial charge in [0.1, 0.15) is 5.82 Å². The van der Waals surface area contributed by atoms with Gasteiger partial charge in [-0.3, -0.25) is 9.59 Å². The number of nitrogens with zero attached hydrogens (tertiary/aromatic N) is 3. The third-order valence-electron chi connectivity index (χ3n) is 4.75. The van der Waals surface area contributed by atoms with Gasteiger partial charge in [0.2, 0.25) is 0 Å². The summed E-state index contributed by atoms with van der Waals surface area (Å²) in [6, 6.07) is 14.3. The Balaban J connectivity index is 1.81. The molecular weight excluding hydrogens is 361 g/mol. The van der Waals surface area contributed by atoms with E-state index < -0.39 is 11.4 Å². The summed E-state index contributed by atoms with van der Waals surface area (Å²) in [7, 11) is 1.39. The molecule has 7 heteroatoms. The van der Waals surface area contributed by atoms with Crippen LogP contribution in [0, 0.1) is 5.82 Å². The van der Waals surface area contributed by atoms with E-state index in [4.69, 9.17) is 4.74 Å². The molecule has 0 atom stereocenters. The van der Waals surface area contributed by atoms with E-state index in [2.05, 4.69) is 5.10 Å². The van der Waals surface area contributed by atoms with Crippen molar-refractivity contribution in [2.24, 2.45) is 0 Å². The molecule has 0 saturated heterocycles. The highest BCUT2D eigenvalue weighted by atomic mass is 19.1. The van der Waals surface area contributed by atoms with Gasteiger partial charge in [0.15, 0.2) is 11.4 Å². The lowest BCUT2D eigenvalue weighted by Gasteiger charge is -2.29. The normalized spacial score (nSPS) is 13.1. The average molecular weight is 379 g/mol. The minimum atomic E-state index is -0.473. The Morgan fingerprint density at radius 3 is 2.64 bits per heavy atom. The SMILES string of the molecule is COc1cc(=O)n(-c2ccc(F)cc2)nc1C(=O)N1CCCc2ccccc21. The third-order valence-corrected chi connectivity index (χ3v) is 4.75. The number of anilines is 1. The number of benzene rings is 2. The van der Waals surface area contributed by atoms with E-state index in [0.29, 0.717) is 12.2 Å². The first-order valence-corrected chi connectivity index (χ1v) is 8.92. The van der Waals surface area contributed by atoms with Crippen molar-refractivity contribution in [3.05, 3.63) is 82.0 Å². The molecule has 0 bridgehead atoms. The van der Waals surface area contributed by atoms with Crippen LogP contribution in [0.15, 0.2) is 59.4 Å². The van der Waals surface area contributed by atoms with Crippen LogP contribution in [-0.4, -0.2) is 29.3 Å². The van der Waals surface area contributed by atoms with Crippen molar-refractivity contribution in [1.82, 2.24) is 9.78 Å². The van der Waals surface area contributed by atoms with Crippen molar-refractivity contribution in [3.63, 3.8) is 0 Å². The van der Waals surface area contributed by atoms with Crippen LogP contribution < -0.4 is 15.2 Å². The van der Waals surface area contributed by atoms with Crippen LogP contribution in [0.3, 0.4) is 0 Å². The van der Waals surface area contributed by atoms with Crippen LogP contribution >= 0.6 is 0 Å². The smallest absolute Gasteiger partial charge is 0.282 e. The molecule has 0 unspecified atom stereocenters. The van der Waals surface area contributed by atoms with Gasteiger partial charge < -0.3 is 9.64 Å². The van der Waals surface area contributed by atoms with Gasteiger partial charge in [0, 0.05) is 12.2 Å². The van der Waals surface area contributed by atoms with Crippen LogP contribution in [0.25, 0.3) is 5.69 Å². The van der Waals surface area contributed by atoms with E-state index in [9.17, 15) is 14.0 Å². The zero-order valence-corrected chi connectivity index (χ0v) is 15.3. The number of aryl methyl sites for hydroxylation is 1. The molecule has 28 heavy (non-hydrogen) atoms. The molecule has 2 aromatic carbocycles. The van der Waals surface area contributed by atoms with Crippen molar-refractivity contribution in [2.45, 2.75) is 12.8 Å². The maximum Gasteiger partial charge on any atom is 0.282 e. The molecule has 1 aromatic heterocycles. The van der Waals surface area contributed by atoms with Gasteiger partial charge in [-0.15, -0.1) is 0 Å². The first-order chi connectivity index (χ1) is 13.6. The van der Waals surface area contributed by atoms with Gasteiger partial charge in [-0.1, -0.05) is 18.2 Å². The van der Waals surface area contributed by atoms with Gasteiger partial charge in [-0.2, -0.15) is 9.78 Å².